The number of hydrogen-bond acceptors (Lipinski definition) is 5. The minimum Gasteiger partial charge on any atom is -0.497 e. The summed E-state index contributed by atoms with van der Waals surface area (Å²) in [5, 5.41) is 4.98. The van der Waals surface area contributed by atoms with Crippen LogP contribution in [0.5, 0.6) is 5.75 Å². The first kappa shape index (κ1) is 18.2. The smallest absolute Gasteiger partial charge is 0.224 e. The Morgan fingerprint density at radius 3 is 2.79 bits per heavy atom. The molecule has 1 amide bonds. The number of hydrogen-bond donors (Lipinski definition) is 1. The predicted octanol–water partition coefficient (Wildman–Crippen LogP) is 4.12. The third-order valence-corrected chi connectivity index (χ3v) is 5.29. The lowest BCUT2D eigenvalue weighted by Gasteiger charge is -2.08. The molecule has 0 atom stereocenters. The number of nitrogens with zero attached hydrogens (tertiary/aromatic N) is 3. The summed E-state index contributed by atoms with van der Waals surface area (Å²) in [7, 11) is 1.62. The lowest BCUT2D eigenvalue weighted by atomic mass is 10.2. The minimum absolute atomic E-state index is 0.0483. The van der Waals surface area contributed by atoms with E-state index >= 15 is 0 Å². The molecule has 0 unspecified atom stereocenters. The summed E-state index contributed by atoms with van der Waals surface area (Å²) in [4.78, 5) is 22.8. The van der Waals surface area contributed by atoms with Gasteiger partial charge in [0.15, 0.2) is 5.65 Å². The number of methoxy groups -OCH3 is 1. The van der Waals surface area contributed by atoms with E-state index in [1.54, 1.807) is 24.6 Å². The van der Waals surface area contributed by atoms with Crippen LogP contribution in [0.1, 0.15) is 17.1 Å². The van der Waals surface area contributed by atoms with E-state index in [0.717, 1.165) is 28.4 Å². The first-order valence-corrected chi connectivity index (χ1v) is 9.87. The molecule has 4 rings (SSSR count). The topological polar surface area (TPSA) is 69.0 Å². The van der Waals surface area contributed by atoms with Crippen LogP contribution in [-0.2, 0) is 17.8 Å². The molecule has 0 saturated heterocycles. The van der Waals surface area contributed by atoms with Crippen LogP contribution in [-0.4, -0.2) is 27.6 Å². The average molecular weight is 392 g/mol. The number of rotatable bonds is 7. The van der Waals surface area contributed by atoms with Gasteiger partial charge in [0.2, 0.25) is 5.91 Å². The first-order valence-electron chi connectivity index (χ1n) is 8.99. The summed E-state index contributed by atoms with van der Waals surface area (Å²) in [5.41, 5.74) is 2.45. The van der Waals surface area contributed by atoms with Gasteiger partial charge in [0.25, 0.3) is 0 Å². The lowest BCUT2D eigenvalue weighted by Crippen LogP contribution is -2.14. The summed E-state index contributed by atoms with van der Waals surface area (Å²) < 4.78 is 7.23. The van der Waals surface area contributed by atoms with Crippen molar-refractivity contribution in [2.45, 2.75) is 19.4 Å². The summed E-state index contributed by atoms with van der Waals surface area (Å²) in [6.07, 6.45) is 2.67. The van der Waals surface area contributed by atoms with Gasteiger partial charge in [0.05, 0.1) is 13.7 Å². The number of amides is 1. The van der Waals surface area contributed by atoms with Crippen LogP contribution in [0.4, 0.5) is 5.69 Å². The second kappa shape index (κ2) is 8.22. The van der Waals surface area contributed by atoms with Gasteiger partial charge in [-0.25, -0.2) is 9.97 Å². The molecule has 7 heteroatoms. The molecule has 28 heavy (non-hydrogen) atoms. The number of aromatic nitrogens is 3. The van der Waals surface area contributed by atoms with Crippen molar-refractivity contribution in [3.63, 3.8) is 0 Å². The third-order valence-electron chi connectivity index (χ3n) is 4.43. The predicted molar refractivity (Wildman–Crippen MR) is 111 cm³/mol. The van der Waals surface area contributed by atoms with Crippen LogP contribution in [0.25, 0.3) is 11.2 Å². The number of ether oxygens (including phenoxy) is 1. The Kier molecular flexibility index (Phi) is 5.34. The normalized spacial score (nSPS) is 10.9. The molecule has 0 saturated carbocycles. The van der Waals surface area contributed by atoms with E-state index in [0.29, 0.717) is 19.4 Å². The monoisotopic (exact) mass is 392 g/mol. The van der Waals surface area contributed by atoms with Crippen LogP contribution in [0.3, 0.4) is 0 Å². The van der Waals surface area contributed by atoms with Gasteiger partial charge in [-0.05, 0) is 47.8 Å². The summed E-state index contributed by atoms with van der Waals surface area (Å²) >= 11 is 1.70. The molecule has 0 spiro atoms. The number of benzene rings is 1. The fourth-order valence-electron chi connectivity index (χ4n) is 3.04. The zero-order valence-electron chi connectivity index (χ0n) is 15.5. The van der Waals surface area contributed by atoms with Gasteiger partial charge in [-0.15, -0.1) is 11.3 Å². The van der Waals surface area contributed by atoms with E-state index < -0.39 is 0 Å². The van der Waals surface area contributed by atoms with Crippen LogP contribution in [0.2, 0.25) is 0 Å². The molecule has 142 valence electrons. The summed E-state index contributed by atoms with van der Waals surface area (Å²) in [5.74, 6) is 1.58. The van der Waals surface area contributed by atoms with Gasteiger partial charge in [-0.3, -0.25) is 4.79 Å². The van der Waals surface area contributed by atoms with Crippen molar-refractivity contribution in [3.05, 3.63) is 70.8 Å². The molecule has 1 aromatic carbocycles. The Hall–Kier alpha value is -3.19. The molecular weight excluding hydrogens is 372 g/mol. The van der Waals surface area contributed by atoms with Crippen molar-refractivity contribution in [2.75, 3.05) is 12.4 Å². The molecule has 0 radical (unpaired) electrons. The van der Waals surface area contributed by atoms with Crippen LogP contribution >= 0.6 is 11.3 Å². The van der Waals surface area contributed by atoms with Gasteiger partial charge in [-0.1, -0.05) is 6.07 Å². The quantitative estimate of drug-likeness (QED) is 0.514. The zero-order chi connectivity index (χ0) is 19.3. The maximum atomic E-state index is 12.4. The SMILES string of the molecule is COc1ccc(NC(=O)CCc2nc3cccnc3n2Cc2cccs2)cc1. The van der Waals surface area contributed by atoms with Crippen molar-refractivity contribution >= 4 is 34.1 Å². The molecule has 0 aliphatic rings. The van der Waals surface area contributed by atoms with Gasteiger partial charge in [0, 0.05) is 29.6 Å². The van der Waals surface area contributed by atoms with E-state index in [1.165, 1.54) is 4.88 Å². The molecule has 4 aromatic rings. The number of anilines is 1. The number of pyridine rings is 1. The summed E-state index contributed by atoms with van der Waals surface area (Å²) in [6.45, 7) is 0.709. The largest absolute Gasteiger partial charge is 0.497 e. The van der Waals surface area contributed by atoms with Crippen molar-refractivity contribution in [1.82, 2.24) is 14.5 Å². The van der Waals surface area contributed by atoms with Gasteiger partial charge >= 0.3 is 0 Å². The Labute approximate surface area is 166 Å². The van der Waals surface area contributed by atoms with Gasteiger partial charge in [0.1, 0.15) is 17.1 Å². The molecule has 0 aliphatic heterocycles. The molecule has 0 aliphatic carbocycles. The number of aryl methyl sites for hydroxylation is 1. The highest BCUT2D eigenvalue weighted by Gasteiger charge is 2.14. The summed E-state index contributed by atoms with van der Waals surface area (Å²) in [6, 6.07) is 15.3. The number of imidazole rings is 1. The fraction of sp³-hybridized carbons (Fsp3) is 0.190. The van der Waals surface area contributed by atoms with Crippen LogP contribution < -0.4 is 10.1 Å². The number of carbonyl (C=O) groups is 1. The highest BCUT2D eigenvalue weighted by molar-refractivity contribution is 7.09. The van der Waals surface area contributed by atoms with Crippen molar-refractivity contribution in [1.29, 1.82) is 0 Å². The van der Waals surface area contributed by atoms with Crippen LogP contribution in [0, 0.1) is 0 Å². The Balaban J connectivity index is 1.48. The molecule has 3 heterocycles. The molecule has 0 fully saturated rings. The van der Waals surface area contributed by atoms with Crippen LogP contribution in [0.15, 0.2) is 60.1 Å². The molecule has 1 N–H and O–H groups in total. The van der Waals surface area contributed by atoms with E-state index in [4.69, 9.17) is 9.72 Å². The van der Waals surface area contributed by atoms with Gasteiger partial charge in [-0.2, -0.15) is 0 Å². The molecular formula is C21H20N4O2S. The van der Waals surface area contributed by atoms with Gasteiger partial charge < -0.3 is 14.6 Å². The van der Waals surface area contributed by atoms with Crippen molar-refractivity contribution < 1.29 is 9.53 Å². The van der Waals surface area contributed by atoms with Crippen molar-refractivity contribution in [2.24, 2.45) is 0 Å². The molecule has 3 aromatic heterocycles. The van der Waals surface area contributed by atoms with Crippen molar-refractivity contribution in [3.8, 4) is 5.75 Å². The van der Waals surface area contributed by atoms with E-state index in [2.05, 4.69) is 26.3 Å². The zero-order valence-corrected chi connectivity index (χ0v) is 16.3. The van der Waals surface area contributed by atoms with E-state index in [-0.39, 0.29) is 5.91 Å². The third kappa shape index (κ3) is 4.04. The molecule has 0 bridgehead atoms. The Morgan fingerprint density at radius 2 is 2.04 bits per heavy atom. The van der Waals surface area contributed by atoms with E-state index in [9.17, 15) is 4.79 Å². The average Bonchev–Trinajstić information content (AvgIpc) is 3.36. The standard InChI is InChI=1S/C21H20N4O2S/c1-27-16-8-6-15(7-9-16)23-20(26)11-10-19-24-18-5-2-12-22-21(18)25(19)14-17-4-3-13-28-17/h2-9,12-13H,10-11,14H2,1H3,(H,23,26). The number of thiophene rings is 1. The maximum Gasteiger partial charge on any atom is 0.224 e. The maximum absolute atomic E-state index is 12.4. The van der Waals surface area contributed by atoms with E-state index in [1.807, 2.05) is 42.5 Å². The highest BCUT2D eigenvalue weighted by Crippen LogP contribution is 2.20. The first-order chi connectivity index (χ1) is 13.7. The second-order valence-corrected chi connectivity index (χ2v) is 7.35. The lowest BCUT2D eigenvalue weighted by molar-refractivity contribution is -0.116. The number of fused-ring (bicyclic) bond motifs is 1. The Morgan fingerprint density at radius 1 is 1.18 bits per heavy atom. The number of carbonyl (C=O) groups excluding carboxylic acids is 1. The second-order valence-electron chi connectivity index (χ2n) is 6.32. The molecule has 6 nitrogen and oxygen atoms in total. The number of nitrogens with one attached hydrogen (secondary N) is 1. The Bertz CT molecular complexity index is 1070. The highest BCUT2D eigenvalue weighted by atomic mass is 32.1. The fourth-order valence-corrected chi connectivity index (χ4v) is 3.74. The minimum atomic E-state index is -0.0483.